The third-order valence-electron chi connectivity index (χ3n) is 3.84. The minimum absolute atomic E-state index is 0.0568. The quantitative estimate of drug-likeness (QED) is 0.451. The van der Waals surface area contributed by atoms with E-state index in [0.29, 0.717) is 27.8 Å². The Morgan fingerprint density at radius 2 is 1.82 bits per heavy atom. The van der Waals surface area contributed by atoms with Crippen molar-refractivity contribution in [1.82, 2.24) is 15.0 Å². The highest BCUT2D eigenvalue weighted by Gasteiger charge is 2.13. The van der Waals surface area contributed by atoms with Gasteiger partial charge in [0.25, 0.3) is 10.0 Å². The van der Waals surface area contributed by atoms with Crippen molar-refractivity contribution in [2.45, 2.75) is 4.90 Å². The summed E-state index contributed by atoms with van der Waals surface area (Å²) in [7, 11) is -0.703. The Morgan fingerprint density at radius 3 is 2.50 bits per heavy atom. The van der Waals surface area contributed by atoms with E-state index in [1.807, 2.05) is 6.07 Å². The fourth-order valence-electron chi connectivity index (χ4n) is 2.45. The van der Waals surface area contributed by atoms with Crippen molar-refractivity contribution in [3.8, 4) is 22.8 Å². The first-order chi connectivity index (χ1) is 13.4. The Labute approximate surface area is 167 Å². The van der Waals surface area contributed by atoms with Crippen molar-refractivity contribution in [3.05, 3.63) is 59.2 Å². The van der Waals surface area contributed by atoms with Gasteiger partial charge in [0.15, 0.2) is 11.5 Å². The molecule has 3 aromatic rings. The van der Waals surface area contributed by atoms with E-state index in [1.165, 1.54) is 36.7 Å². The zero-order chi connectivity index (χ0) is 20.1. The molecule has 0 bridgehead atoms. The number of halogens is 1. The largest absolute Gasteiger partial charge is 0.493 e. The summed E-state index contributed by atoms with van der Waals surface area (Å²) in [4.78, 5) is 2.22. The molecule has 0 aliphatic heterocycles. The number of nitrogens with zero attached hydrogens (tertiary/aromatic N) is 2. The monoisotopic (exact) mass is 420 g/mol. The van der Waals surface area contributed by atoms with Crippen LogP contribution in [0.4, 0.5) is 0 Å². The number of hydrogen-bond acceptors (Lipinski definition) is 6. The minimum Gasteiger partial charge on any atom is -0.493 e. The average molecular weight is 421 g/mol. The van der Waals surface area contributed by atoms with Crippen LogP contribution in [0.25, 0.3) is 11.3 Å². The predicted octanol–water partition coefficient (Wildman–Crippen LogP) is 3.06. The van der Waals surface area contributed by atoms with Crippen LogP contribution in [0, 0.1) is 0 Å². The van der Waals surface area contributed by atoms with Gasteiger partial charge in [-0.1, -0.05) is 11.6 Å². The van der Waals surface area contributed by atoms with Crippen molar-refractivity contribution in [2.75, 3.05) is 14.2 Å². The van der Waals surface area contributed by atoms with Crippen molar-refractivity contribution in [1.29, 1.82) is 0 Å². The molecular formula is C18H17ClN4O4S. The van der Waals surface area contributed by atoms with E-state index >= 15 is 0 Å². The SMILES string of the molecule is COc1ccc(-c2[nH]ncc2C=NNS(=O)(=O)c2ccc(Cl)cc2)cc1OC. The summed E-state index contributed by atoms with van der Waals surface area (Å²) in [5.74, 6) is 1.15. The van der Waals surface area contributed by atoms with Gasteiger partial charge in [0.05, 0.1) is 37.2 Å². The van der Waals surface area contributed by atoms with Crippen LogP contribution in [0.5, 0.6) is 11.5 Å². The van der Waals surface area contributed by atoms with Crippen LogP contribution in [0.1, 0.15) is 5.56 Å². The van der Waals surface area contributed by atoms with Crippen molar-refractivity contribution < 1.29 is 17.9 Å². The van der Waals surface area contributed by atoms with Crippen LogP contribution in [0.3, 0.4) is 0 Å². The lowest BCUT2D eigenvalue weighted by molar-refractivity contribution is 0.355. The lowest BCUT2D eigenvalue weighted by Crippen LogP contribution is -2.18. The highest BCUT2D eigenvalue weighted by Crippen LogP contribution is 2.32. The van der Waals surface area contributed by atoms with E-state index < -0.39 is 10.0 Å². The summed E-state index contributed by atoms with van der Waals surface area (Å²) >= 11 is 5.78. The van der Waals surface area contributed by atoms with Crippen LogP contribution < -0.4 is 14.3 Å². The molecule has 0 aliphatic rings. The van der Waals surface area contributed by atoms with Gasteiger partial charge in [0.1, 0.15) is 0 Å². The smallest absolute Gasteiger partial charge is 0.276 e. The first kappa shape index (κ1) is 19.7. The molecule has 1 aromatic heterocycles. The van der Waals surface area contributed by atoms with Crippen LogP contribution >= 0.6 is 11.6 Å². The van der Waals surface area contributed by atoms with Crippen LogP contribution in [0.2, 0.25) is 5.02 Å². The maximum absolute atomic E-state index is 12.3. The maximum Gasteiger partial charge on any atom is 0.276 e. The molecule has 0 amide bonds. The number of nitrogens with one attached hydrogen (secondary N) is 2. The second-order valence-corrected chi connectivity index (χ2v) is 7.67. The fourth-order valence-corrected chi connectivity index (χ4v) is 3.37. The molecule has 0 saturated carbocycles. The first-order valence-corrected chi connectivity index (χ1v) is 9.87. The number of hydrazone groups is 1. The second kappa shape index (κ2) is 8.32. The van der Waals surface area contributed by atoms with Gasteiger partial charge >= 0.3 is 0 Å². The molecule has 28 heavy (non-hydrogen) atoms. The number of H-pyrrole nitrogens is 1. The van der Waals surface area contributed by atoms with Crippen LogP contribution in [-0.4, -0.2) is 39.0 Å². The molecule has 0 aliphatic carbocycles. The number of ether oxygens (including phenoxy) is 2. The number of aromatic amines is 1. The number of benzene rings is 2. The lowest BCUT2D eigenvalue weighted by Gasteiger charge is -2.09. The van der Waals surface area contributed by atoms with E-state index in [1.54, 1.807) is 26.4 Å². The molecule has 8 nitrogen and oxygen atoms in total. The van der Waals surface area contributed by atoms with Crippen molar-refractivity contribution >= 4 is 27.8 Å². The van der Waals surface area contributed by atoms with E-state index in [2.05, 4.69) is 20.1 Å². The molecule has 0 atom stereocenters. The van der Waals surface area contributed by atoms with Crippen molar-refractivity contribution in [3.63, 3.8) is 0 Å². The molecule has 0 spiro atoms. The second-order valence-electron chi connectivity index (χ2n) is 5.58. The Hall–Kier alpha value is -3.04. The molecule has 0 saturated heterocycles. The number of rotatable bonds is 7. The number of sulfonamides is 1. The Kier molecular flexibility index (Phi) is 5.86. The van der Waals surface area contributed by atoms with E-state index in [9.17, 15) is 8.42 Å². The molecule has 10 heteroatoms. The van der Waals surface area contributed by atoms with E-state index in [-0.39, 0.29) is 4.90 Å². The molecule has 2 N–H and O–H groups in total. The topological polar surface area (TPSA) is 106 Å². The molecule has 146 valence electrons. The molecule has 0 unspecified atom stereocenters. The summed E-state index contributed by atoms with van der Waals surface area (Å²) in [5.41, 5.74) is 2.01. The average Bonchev–Trinajstić information content (AvgIpc) is 3.16. The lowest BCUT2D eigenvalue weighted by atomic mass is 10.1. The fraction of sp³-hybridized carbons (Fsp3) is 0.111. The van der Waals surface area contributed by atoms with Gasteiger partial charge in [0, 0.05) is 16.1 Å². The summed E-state index contributed by atoms with van der Waals surface area (Å²) in [5, 5.41) is 11.1. The third-order valence-corrected chi connectivity index (χ3v) is 5.33. The third kappa shape index (κ3) is 4.26. The first-order valence-electron chi connectivity index (χ1n) is 8.01. The van der Waals surface area contributed by atoms with E-state index in [4.69, 9.17) is 21.1 Å². The maximum atomic E-state index is 12.3. The zero-order valence-corrected chi connectivity index (χ0v) is 16.6. The minimum atomic E-state index is -3.80. The van der Waals surface area contributed by atoms with Gasteiger partial charge in [-0.05, 0) is 42.5 Å². The summed E-state index contributed by atoms with van der Waals surface area (Å²) in [6.07, 6.45) is 2.90. The molecule has 2 aromatic carbocycles. The summed E-state index contributed by atoms with van der Waals surface area (Å²) < 4.78 is 35.1. The normalized spacial score (nSPS) is 11.5. The zero-order valence-electron chi connectivity index (χ0n) is 15.0. The Bertz CT molecular complexity index is 1100. The number of methoxy groups -OCH3 is 2. The highest BCUT2D eigenvalue weighted by molar-refractivity contribution is 7.89. The predicted molar refractivity (Wildman–Crippen MR) is 106 cm³/mol. The van der Waals surface area contributed by atoms with Gasteiger partial charge in [-0.25, -0.2) is 4.83 Å². The van der Waals surface area contributed by atoms with Gasteiger partial charge in [-0.15, -0.1) is 0 Å². The van der Waals surface area contributed by atoms with Gasteiger partial charge in [-0.3, -0.25) is 5.10 Å². The molecule has 1 heterocycles. The standard InChI is InChI=1S/C18H17ClN4O4S/c1-26-16-8-3-12(9-17(16)27-2)18-13(10-20-22-18)11-21-23-28(24,25)15-6-4-14(19)5-7-15/h3-11,23H,1-2H3,(H,20,22). The van der Waals surface area contributed by atoms with Gasteiger partial charge in [-0.2, -0.15) is 18.6 Å². The van der Waals surface area contributed by atoms with Crippen molar-refractivity contribution in [2.24, 2.45) is 5.10 Å². The molecule has 3 rings (SSSR count). The van der Waals surface area contributed by atoms with Gasteiger partial charge < -0.3 is 9.47 Å². The summed E-state index contributed by atoms with van der Waals surface area (Å²) in [6, 6.07) is 11.1. The number of hydrogen-bond donors (Lipinski definition) is 2. The Balaban J connectivity index is 1.82. The molecule has 0 fully saturated rings. The molecule has 0 radical (unpaired) electrons. The highest BCUT2D eigenvalue weighted by atomic mass is 35.5. The van der Waals surface area contributed by atoms with Gasteiger partial charge in [0.2, 0.25) is 0 Å². The Morgan fingerprint density at radius 1 is 1.11 bits per heavy atom. The number of aromatic nitrogens is 2. The van der Waals surface area contributed by atoms with Crippen LogP contribution in [-0.2, 0) is 10.0 Å². The van der Waals surface area contributed by atoms with Crippen LogP contribution in [0.15, 0.2) is 58.7 Å². The molecular weight excluding hydrogens is 404 g/mol. The summed E-state index contributed by atoms with van der Waals surface area (Å²) in [6.45, 7) is 0. The van der Waals surface area contributed by atoms with E-state index in [0.717, 1.165) is 5.56 Å².